The number of ether oxygens (including phenoxy) is 3. The summed E-state index contributed by atoms with van der Waals surface area (Å²) in [7, 11) is 0. The van der Waals surface area contributed by atoms with E-state index in [1.54, 1.807) is 6.92 Å². The molecule has 0 aliphatic heterocycles. The molecule has 0 saturated carbocycles. The molecule has 6 heteroatoms. The van der Waals surface area contributed by atoms with Crippen molar-refractivity contribution in [1.29, 1.82) is 0 Å². The van der Waals surface area contributed by atoms with Crippen LogP contribution >= 0.6 is 0 Å². The van der Waals surface area contributed by atoms with Gasteiger partial charge in [-0.2, -0.15) is 0 Å². The van der Waals surface area contributed by atoms with Crippen molar-refractivity contribution in [3.05, 3.63) is 133 Å². The Morgan fingerprint density at radius 1 is 0.860 bits per heavy atom. The molecule has 4 aromatic carbocycles. The highest BCUT2D eigenvalue weighted by atomic mass is 16.6. The molecule has 0 spiro atoms. The van der Waals surface area contributed by atoms with E-state index in [2.05, 4.69) is 92.6 Å². The molecule has 0 aliphatic rings. The first-order valence-electron chi connectivity index (χ1n) is 14.2. The van der Waals surface area contributed by atoms with Crippen LogP contribution in [0.4, 0.5) is 17.1 Å². The molecule has 43 heavy (non-hydrogen) atoms. The molecule has 0 bridgehead atoms. The zero-order valence-electron chi connectivity index (χ0n) is 24.9. The average molecular weight is 576 g/mol. The van der Waals surface area contributed by atoms with Gasteiger partial charge in [-0.3, -0.25) is 0 Å². The summed E-state index contributed by atoms with van der Waals surface area (Å²) >= 11 is 0. The Hall–Kier alpha value is -5.10. The predicted molar refractivity (Wildman–Crippen MR) is 172 cm³/mol. The maximum Gasteiger partial charge on any atom is 0.333 e. The van der Waals surface area contributed by atoms with Crippen molar-refractivity contribution < 1.29 is 23.8 Å². The lowest BCUT2D eigenvalue weighted by Crippen LogP contribution is -2.30. The van der Waals surface area contributed by atoms with Crippen LogP contribution in [0.5, 0.6) is 5.75 Å². The average Bonchev–Trinajstić information content (AvgIpc) is 3.04. The first-order chi connectivity index (χ1) is 20.8. The van der Waals surface area contributed by atoms with Gasteiger partial charge in [-0.05, 0) is 91.1 Å². The zero-order chi connectivity index (χ0) is 30.8. The van der Waals surface area contributed by atoms with Crippen LogP contribution in [0.25, 0.3) is 11.1 Å². The number of rotatable bonds is 13. The van der Waals surface area contributed by atoms with Gasteiger partial charge in [0.2, 0.25) is 0 Å². The number of hydrogen-bond acceptors (Lipinski definition) is 6. The molecule has 0 fully saturated rings. The van der Waals surface area contributed by atoms with Crippen LogP contribution in [0.15, 0.2) is 122 Å². The first kappa shape index (κ1) is 30.8. The van der Waals surface area contributed by atoms with Crippen molar-refractivity contribution in [2.75, 3.05) is 18.1 Å². The van der Waals surface area contributed by atoms with Crippen molar-refractivity contribution in [3.8, 4) is 16.9 Å². The second-order valence-corrected chi connectivity index (χ2v) is 10.1. The lowest BCUT2D eigenvalue weighted by molar-refractivity contribution is -0.154. The smallest absolute Gasteiger partial charge is 0.333 e. The van der Waals surface area contributed by atoms with Crippen molar-refractivity contribution in [2.24, 2.45) is 0 Å². The van der Waals surface area contributed by atoms with Crippen molar-refractivity contribution in [3.63, 3.8) is 0 Å². The van der Waals surface area contributed by atoms with E-state index < -0.39 is 18.0 Å². The van der Waals surface area contributed by atoms with Crippen LogP contribution in [0, 0.1) is 6.92 Å². The second-order valence-electron chi connectivity index (χ2n) is 10.1. The van der Waals surface area contributed by atoms with E-state index in [4.69, 9.17) is 14.2 Å². The van der Waals surface area contributed by atoms with Gasteiger partial charge in [0, 0.05) is 23.0 Å². The first-order valence-corrected chi connectivity index (χ1v) is 14.2. The number of aryl methyl sites for hydroxylation is 2. The maximum atomic E-state index is 11.8. The van der Waals surface area contributed by atoms with E-state index in [1.165, 1.54) is 16.8 Å². The van der Waals surface area contributed by atoms with Gasteiger partial charge in [0.25, 0.3) is 0 Å². The standard InChI is InChI=1S/C37H37NO5/c1-6-28-23-30(22-27(5)36(28)38(31-14-10-8-11-15-31)32-16-12-9-13-17-32)29-18-20-33(21-19-29)41-24-34(43-35(39)7-2)25-42-37(40)26(3)4/h7-23,34H,2-3,6,24-25H2,1,4-5H3. The monoisotopic (exact) mass is 575 g/mol. The van der Waals surface area contributed by atoms with Crippen LogP contribution in [-0.2, 0) is 25.5 Å². The van der Waals surface area contributed by atoms with E-state index in [9.17, 15) is 9.59 Å². The molecule has 0 aliphatic carbocycles. The van der Waals surface area contributed by atoms with Gasteiger partial charge < -0.3 is 19.1 Å². The minimum absolute atomic E-state index is 0.00495. The molecular formula is C37H37NO5. The summed E-state index contributed by atoms with van der Waals surface area (Å²) in [4.78, 5) is 25.9. The normalized spacial score (nSPS) is 11.2. The van der Waals surface area contributed by atoms with Crippen LogP contribution in [0.1, 0.15) is 25.0 Å². The van der Waals surface area contributed by atoms with E-state index in [0.717, 1.165) is 35.0 Å². The number of carbonyl (C=O) groups is 2. The highest BCUT2D eigenvalue weighted by Crippen LogP contribution is 2.41. The van der Waals surface area contributed by atoms with Crippen LogP contribution in [0.2, 0.25) is 0 Å². The Morgan fingerprint density at radius 2 is 1.47 bits per heavy atom. The Balaban J connectivity index is 1.56. The third-order valence-corrected chi connectivity index (χ3v) is 6.83. The molecule has 4 rings (SSSR count). The van der Waals surface area contributed by atoms with Crippen LogP contribution in [-0.4, -0.2) is 31.3 Å². The predicted octanol–water partition coefficient (Wildman–Crippen LogP) is 8.29. The number of benzene rings is 4. The summed E-state index contributed by atoms with van der Waals surface area (Å²) in [6, 6.07) is 33.0. The van der Waals surface area contributed by atoms with Crippen molar-refractivity contribution in [1.82, 2.24) is 0 Å². The molecule has 1 atom stereocenters. The third kappa shape index (κ3) is 8.01. The fraction of sp³-hybridized carbons (Fsp3) is 0.189. The number of hydrogen-bond donors (Lipinski definition) is 0. The van der Waals surface area contributed by atoms with Crippen LogP contribution < -0.4 is 9.64 Å². The van der Waals surface area contributed by atoms with E-state index in [-0.39, 0.29) is 18.8 Å². The quantitative estimate of drug-likeness (QED) is 0.118. The zero-order valence-corrected chi connectivity index (χ0v) is 24.9. The van der Waals surface area contributed by atoms with Gasteiger partial charge in [-0.1, -0.05) is 68.6 Å². The molecule has 0 N–H and O–H groups in total. The number of anilines is 3. The van der Waals surface area contributed by atoms with Gasteiger partial charge in [-0.15, -0.1) is 0 Å². The van der Waals surface area contributed by atoms with Gasteiger partial charge >= 0.3 is 11.9 Å². The van der Waals surface area contributed by atoms with Gasteiger partial charge in [-0.25, -0.2) is 9.59 Å². The fourth-order valence-electron chi connectivity index (χ4n) is 4.72. The molecule has 0 aromatic heterocycles. The van der Waals surface area contributed by atoms with Crippen molar-refractivity contribution >= 4 is 29.0 Å². The molecule has 0 radical (unpaired) electrons. The summed E-state index contributed by atoms with van der Waals surface area (Å²) in [6.07, 6.45) is 1.12. The number of esters is 2. The van der Waals surface area contributed by atoms with Gasteiger partial charge in [0.15, 0.2) is 6.10 Å². The number of nitrogens with zero attached hydrogens (tertiary/aromatic N) is 1. The highest BCUT2D eigenvalue weighted by molar-refractivity contribution is 5.87. The molecule has 4 aromatic rings. The molecule has 0 amide bonds. The molecule has 0 heterocycles. The largest absolute Gasteiger partial charge is 0.490 e. The maximum absolute atomic E-state index is 11.8. The lowest BCUT2D eigenvalue weighted by atomic mass is 9.95. The Kier molecular flexibility index (Phi) is 10.5. The van der Waals surface area contributed by atoms with E-state index in [1.807, 2.05) is 36.4 Å². The Bertz CT molecular complexity index is 1520. The molecule has 6 nitrogen and oxygen atoms in total. The van der Waals surface area contributed by atoms with E-state index in [0.29, 0.717) is 5.75 Å². The Morgan fingerprint density at radius 3 is 2.00 bits per heavy atom. The summed E-state index contributed by atoms with van der Waals surface area (Å²) in [5.74, 6) is -0.593. The fourth-order valence-corrected chi connectivity index (χ4v) is 4.72. The summed E-state index contributed by atoms with van der Waals surface area (Å²) < 4.78 is 16.3. The molecule has 1 unspecified atom stereocenters. The minimum atomic E-state index is -0.798. The SMILES string of the molecule is C=CC(=O)OC(COC(=O)C(=C)C)COc1ccc(-c2cc(C)c(N(c3ccccc3)c3ccccc3)c(CC)c2)cc1. The second kappa shape index (κ2) is 14.7. The number of para-hydroxylation sites is 2. The molecule has 0 saturated heterocycles. The summed E-state index contributed by atoms with van der Waals surface area (Å²) in [5.41, 5.74) is 8.20. The highest BCUT2D eigenvalue weighted by Gasteiger charge is 2.20. The lowest BCUT2D eigenvalue weighted by Gasteiger charge is -2.29. The topological polar surface area (TPSA) is 65.1 Å². The number of carbonyl (C=O) groups excluding carboxylic acids is 2. The third-order valence-electron chi connectivity index (χ3n) is 6.83. The van der Waals surface area contributed by atoms with Gasteiger partial charge in [0.05, 0.1) is 5.69 Å². The Labute approximate surface area is 253 Å². The minimum Gasteiger partial charge on any atom is -0.490 e. The van der Waals surface area contributed by atoms with E-state index >= 15 is 0 Å². The molecule has 220 valence electrons. The van der Waals surface area contributed by atoms with Gasteiger partial charge in [0.1, 0.15) is 19.0 Å². The summed E-state index contributed by atoms with van der Waals surface area (Å²) in [6.45, 7) is 12.7. The molecular weight excluding hydrogens is 538 g/mol. The van der Waals surface area contributed by atoms with Crippen molar-refractivity contribution in [2.45, 2.75) is 33.3 Å². The summed E-state index contributed by atoms with van der Waals surface area (Å²) in [5, 5.41) is 0. The van der Waals surface area contributed by atoms with Crippen LogP contribution in [0.3, 0.4) is 0 Å².